The Balaban J connectivity index is 1.89. The van der Waals surface area contributed by atoms with Crippen molar-refractivity contribution >= 4 is 5.69 Å². The number of anilines is 1. The molecule has 2 aromatic carbocycles. The quantitative estimate of drug-likeness (QED) is 0.534. The van der Waals surface area contributed by atoms with Crippen LogP contribution in [0.4, 0.5) is 5.69 Å². The van der Waals surface area contributed by atoms with Crippen molar-refractivity contribution in [2.75, 3.05) is 4.90 Å². The number of nitrogens with zero attached hydrogens (tertiary/aromatic N) is 2. The van der Waals surface area contributed by atoms with Crippen LogP contribution >= 0.6 is 0 Å². The van der Waals surface area contributed by atoms with Crippen molar-refractivity contribution in [2.45, 2.75) is 46.6 Å². The third-order valence-electron chi connectivity index (χ3n) is 5.32. The molecule has 0 fully saturated rings. The minimum Gasteiger partial charge on any atom is -0.340 e. The Hall–Kier alpha value is -3.14. The summed E-state index contributed by atoms with van der Waals surface area (Å²) in [5, 5.41) is 6.52. The number of hydrogen-bond acceptors (Lipinski definition) is 3. The van der Waals surface area contributed by atoms with Crippen molar-refractivity contribution < 1.29 is 0 Å². The highest BCUT2D eigenvalue weighted by Gasteiger charge is 2.16. The van der Waals surface area contributed by atoms with Gasteiger partial charge in [0.1, 0.15) is 0 Å². The summed E-state index contributed by atoms with van der Waals surface area (Å²) in [6, 6.07) is 17.0. The molecule has 3 aromatic rings. The summed E-state index contributed by atoms with van der Waals surface area (Å²) in [7, 11) is 0. The fourth-order valence-electron chi connectivity index (χ4n) is 3.47. The topological polar surface area (TPSA) is 49.0 Å². The van der Waals surface area contributed by atoms with Crippen LogP contribution in [0.2, 0.25) is 0 Å². The Bertz CT molecular complexity index is 1030. The van der Waals surface area contributed by atoms with Crippen LogP contribution in [0.1, 0.15) is 42.9 Å². The summed E-state index contributed by atoms with van der Waals surface area (Å²) in [5.41, 5.74) is 7.21. The minimum absolute atomic E-state index is 0.161. The summed E-state index contributed by atoms with van der Waals surface area (Å²) in [6.45, 7) is 11.1. The number of hydrogen-bond donors (Lipinski definition) is 1. The summed E-state index contributed by atoms with van der Waals surface area (Å²) in [5.74, 6) is 0. The molecule has 29 heavy (non-hydrogen) atoms. The lowest BCUT2D eigenvalue weighted by molar-refractivity contribution is 0.743. The van der Waals surface area contributed by atoms with E-state index in [9.17, 15) is 4.79 Å². The molecule has 150 valence electrons. The summed E-state index contributed by atoms with van der Waals surface area (Å²) < 4.78 is 0. The van der Waals surface area contributed by atoms with Gasteiger partial charge in [0.2, 0.25) is 0 Å². The largest absolute Gasteiger partial charge is 0.340 e. The predicted octanol–water partition coefficient (Wildman–Crippen LogP) is 5.76. The van der Waals surface area contributed by atoms with Crippen LogP contribution < -0.4 is 10.5 Å². The van der Waals surface area contributed by atoms with Gasteiger partial charge in [-0.05, 0) is 48.9 Å². The van der Waals surface area contributed by atoms with E-state index >= 15 is 0 Å². The highest BCUT2D eigenvalue weighted by atomic mass is 16.1. The Morgan fingerprint density at radius 3 is 2.52 bits per heavy atom. The Kier molecular flexibility index (Phi) is 6.65. The van der Waals surface area contributed by atoms with Crippen molar-refractivity contribution in [1.29, 1.82) is 0 Å². The van der Waals surface area contributed by atoms with E-state index < -0.39 is 0 Å². The molecule has 4 nitrogen and oxygen atoms in total. The van der Waals surface area contributed by atoms with Crippen LogP contribution in [0.5, 0.6) is 0 Å². The van der Waals surface area contributed by atoms with Crippen LogP contribution in [-0.4, -0.2) is 10.2 Å². The van der Waals surface area contributed by atoms with E-state index in [0.29, 0.717) is 12.1 Å². The van der Waals surface area contributed by atoms with E-state index in [1.165, 1.54) is 22.3 Å². The average Bonchev–Trinajstić information content (AvgIpc) is 2.73. The fourth-order valence-corrected chi connectivity index (χ4v) is 3.47. The summed E-state index contributed by atoms with van der Waals surface area (Å²) in [4.78, 5) is 14.2. The molecular weight excluding hydrogens is 358 g/mol. The van der Waals surface area contributed by atoms with Crippen LogP contribution in [-0.2, 0) is 6.54 Å². The number of rotatable bonds is 8. The predicted molar refractivity (Wildman–Crippen MR) is 121 cm³/mol. The Labute approximate surface area is 172 Å². The molecule has 0 spiro atoms. The number of nitrogens with one attached hydrogen (secondary N) is 1. The van der Waals surface area contributed by atoms with Crippen molar-refractivity contribution in [2.24, 2.45) is 0 Å². The zero-order valence-electron chi connectivity index (χ0n) is 17.5. The fraction of sp³-hybridized carbons (Fsp3) is 0.280. The van der Waals surface area contributed by atoms with Crippen molar-refractivity contribution in [1.82, 2.24) is 10.2 Å². The molecule has 0 unspecified atom stereocenters. The molecule has 0 amide bonds. The Morgan fingerprint density at radius 2 is 1.83 bits per heavy atom. The molecule has 0 saturated carbocycles. The maximum Gasteiger partial charge on any atom is 0.269 e. The SMILES string of the molecule is C=C(CCCC)N(Cc1ccc(-c2ccccc2C)cc1)c1cn[nH]c(=O)c1C. The lowest BCUT2D eigenvalue weighted by Gasteiger charge is -2.28. The second-order valence-corrected chi connectivity index (χ2v) is 7.48. The molecule has 0 aliphatic carbocycles. The van der Waals surface area contributed by atoms with Gasteiger partial charge in [-0.25, -0.2) is 5.10 Å². The summed E-state index contributed by atoms with van der Waals surface area (Å²) in [6.07, 6.45) is 4.78. The molecule has 0 bridgehead atoms. The number of aromatic nitrogens is 2. The standard InChI is InChI=1S/C25H29N3O/c1-5-6-10-19(3)28(24-16-26-27-25(29)20(24)4)17-21-12-14-22(15-13-21)23-11-8-7-9-18(23)2/h7-9,11-16H,3,5-6,10,17H2,1-2,4H3,(H,27,29). The van der Waals surface area contributed by atoms with E-state index in [4.69, 9.17) is 0 Å². The van der Waals surface area contributed by atoms with Crippen molar-refractivity contribution in [3.05, 3.63) is 94.0 Å². The highest BCUT2D eigenvalue weighted by Crippen LogP contribution is 2.27. The second kappa shape index (κ2) is 9.37. The molecule has 0 saturated heterocycles. The molecule has 0 radical (unpaired) electrons. The van der Waals surface area contributed by atoms with E-state index in [2.05, 4.69) is 84.1 Å². The molecule has 0 aliphatic heterocycles. The van der Waals surface area contributed by atoms with Gasteiger partial charge >= 0.3 is 0 Å². The first kappa shape index (κ1) is 20.6. The van der Waals surface area contributed by atoms with Crippen molar-refractivity contribution in [3.8, 4) is 11.1 Å². The molecular formula is C25H29N3O. The number of aromatic amines is 1. The molecule has 0 atom stereocenters. The van der Waals surface area contributed by atoms with Crippen LogP contribution in [0, 0.1) is 13.8 Å². The van der Waals surface area contributed by atoms with E-state index in [1.807, 2.05) is 6.92 Å². The van der Waals surface area contributed by atoms with Gasteiger partial charge in [-0.3, -0.25) is 4.79 Å². The number of allylic oxidation sites excluding steroid dienone is 1. The highest BCUT2D eigenvalue weighted by molar-refractivity contribution is 5.67. The zero-order valence-corrected chi connectivity index (χ0v) is 17.5. The van der Waals surface area contributed by atoms with E-state index in [0.717, 1.165) is 30.6 Å². The first-order valence-electron chi connectivity index (χ1n) is 10.2. The molecule has 4 heteroatoms. The molecule has 0 aliphatic rings. The molecule has 1 N–H and O–H groups in total. The van der Waals surface area contributed by atoms with Gasteiger partial charge < -0.3 is 4.90 Å². The van der Waals surface area contributed by atoms with Crippen LogP contribution in [0.15, 0.2) is 71.8 Å². The number of H-pyrrole nitrogens is 1. The second-order valence-electron chi connectivity index (χ2n) is 7.48. The zero-order chi connectivity index (χ0) is 20.8. The van der Waals surface area contributed by atoms with Gasteiger partial charge in [0.05, 0.1) is 11.9 Å². The van der Waals surface area contributed by atoms with Gasteiger partial charge in [-0.1, -0.05) is 68.5 Å². The van der Waals surface area contributed by atoms with E-state index in [-0.39, 0.29) is 5.56 Å². The average molecular weight is 388 g/mol. The molecule has 3 rings (SSSR count). The third-order valence-corrected chi connectivity index (χ3v) is 5.32. The van der Waals surface area contributed by atoms with Gasteiger partial charge in [0, 0.05) is 17.8 Å². The maximum absolute atomic E-state index is 12.1. The lowest BCUT2D eigenvalue weighted by Crippen LogP contribution is -2.25. The normalized spacial score (nSPS) is 10.7. The van der Waals surface area contributed by atoms with Gasteiger partial charge in [0.25, 0.3) is 5.56 Å². The minimum atomic E-state index is -0.161. The Morgan fingerprint density at radius 1 is 1.10 bits per heavy atom. The van der Waals surface area contributed by atoms with Crippen LogP contribution in [0.25, 0.3) is 11.1 Å². The number of unbranched alkanes of at least 4 members (excludes halogenated alkanes) is 1. The first-order valence-corrected chi connectivity index (χ1v) is 10.2. The lowest BCUT2D eigenvalue weighted by atomic mass is 9.99. The molecule has 1 aromatic heterocycles. The number of aryl methyl sites for hydroxylation is 1. The smallest absolute Gasteiger partial charge is 0.269 e. The first-order chi connectivity index (χ1) is 14.0. The van der Waals surface area contributed by atoms with Gasteiger partial charge in [-0.2, -0.15) is 5.10 Å². The van der Waals surface area contributed by atoms with Crippen LogP contribution in [0.3, 0.4) is 0 Å². The summed E-state index contributed by atoms with van der Waals surface area (Å²) >= 11 is 0. The van der Waals surface area contributed by atoms with Crippen molar-refractivity contribution in [3.63, 3.8) is 0 Å². The maximum atomic E-state index is 12.1. The van der Waals surface area contributed by atoms with Gasteiger partial charge in [0.15, 0.2) is 0 Å². The van der Waals surface area contributed by atoms with Gasteiger partial charge in [-0.15, -0.1) is 0 Å². The molecule has 1 heterocycles. The van der Waals surface area contributed by atoms with E-state index in [1.54, 1.807) is 6.20 Å². The monoisotopic (exact) mass is 387 g/mol. The number of benzene rings is 2. The third kappa shape index (κ3) is 4.83.